The molecule has 0 fully saturated rings. The molecule has 0 atom stereocenters. The van der Waals surface area contributed by atoms with Gasteiger partial charge in [0.1, 0.15) is 17.0 Å². The molecule has 2 nitrogen and oxygen atoms in total. The summed E-state index contributed by atoms with van der Waals surface area (Å²) in [4.78, 5) is 4.50. The molecular weight excluding hydrogens is 373 g/mol. The molecule has 2 heterocycles. The second kappa shape index (κ2) is 7.10. The number of fused-ring (bicyclic) bond motifs is 3. The summed E-state index contributed by atoms with van der Waals surface area (Å²) >= 11 is 0. The van der Waals surface area contributed by atoms with Gasteiger partial charge in [0.25, 0.3) is 0 Å². The maximum atomic E-state index is 13.5. The van der Waals surface area contributed by atoms with Crippen molar-refractivity contribution < 1.29 is 14.3 Å². The minimum Gasteiger partial charge on any atom is -0.455 e. The zero-order valence-corrected chi connectivity index (χ0v) is 16.7. The van der Waals surface area contributed by atoms with Gasteiger partial charge in [0.15, 0.2) is 0 Å². The number of furan rings is 1. The molecule has 0 aliphatic heterocycles. The van der Waals surface area contributed by atoms with Crippen molar-refractivity contribution in [2.75, 3.05) is 0 Å². The van der Waals surface area contributed by atoms with Gasteiger partial charge in [-0.3, -0.25) is 4.98 Å². The van der Waals surface area contributed by atoms with Crippen LogP contribution in [0.15, 0.2) is 77.3 Å². The van der Waals surface area contributed by atoms with Crippen LogP contribution < -0.4 is 0 Å². The molecular formula is C27H22FNO. The lowest BCUT2D eigenvalue weighted by molar-refractivity contribution is 0.628. The van der Waals surface area contributed by atoms with Gasteiger partial charge in [-0.15, -0.1) is 0 Å². The summed E-state index contributed by atoms with van der Waals surface area (Å²) in [5.74, 6) is -1.18. The van der Waals surface area contributed by atoms with Gasteiger partial charge in [0.2, 0.25) is 0 Å². The second-order valence-electron chi connectivity index (χ2n) is 7.59. The van der Waals surface area contributed by atoms with Crippen molar-refractivity contribution in [1.29, 1.82) is 0 Å². The minimum absolute atomic E-state index is 0.0905. The van der Waals surface area contributed by atoms with Gasteiger partial charge in [0, 0.05) is 33.6 Å². The lowest BCUT2D eigenvalue weighted by atomic mass is 9.97. The van der Waals surface area contributed by atoms with Gasteiger partial charge in [-0.1, -0.05) is 44.2 Å². The topological polar surface area (TPSA) is 26.0 Å². The smallest absolute Gasteiger partial charge is 0.144 e. The number of hydrogen-bond donors (Lipinski definition) is 0. The summed E-state index contributed by atoms with van der Waals surface area (Å²) in [6.45, 7) is 1.17. The van der Waals surface area contributed by atoms with E-state index in [-0.39, 0.29) is 17.0 Å². The number of pyridine rings is 1. The Balaban J connectivity index is 1.81. The van der Waals surface area contributed by atoms with E-state index in [2.05, 4.69) is 4.98 Å². The standard InChI is InChI=1S/C27H22FNO/c1-16(2)19-13-14-29-25(15-19)24-6-4-5-22-23-12-11-21(17(3)26(23)30-27(22)24)18-7-9-20(28)10-8-18/h4-16H,1-3H3/i3D3,16D. The Morgan fingerprint density at radius 1 is 0.933 bits per heavy atom. The molecule has 0 unspecified atom stereocenters. The molecule has 0 aliphatic carbocycles. The van der Waals surface area contributed by atoms with Crippen molar-refractivity contribution in [3.63, 3.8) is 0 Å². The first-order chi connectivity index (χ1) is 16.0. The van der Waals surface area contributed by atoms with E-state index < -0.39 is 12.7 Å². The summed E-state index contributed by atoms with van der Waals surface area (Å²) in [6.07, 6.45) is 1.67. The number of halogens is 1. The zero-order chi connectivity index (χ0) is 24.3. The average molecular weight is 400 g/mol. The number of aryl methyl sites for hydroxylation is 1. The third-order valence-electron chi connectivity index (χ3n) is 5.44. The van der Waals surface area contributed by atoms with E-state index >= 15 is 0 Å². The van der Waals surface area contributed by atoms with Crippen LogP contribution in [0.1, 0.15) is 36.4 Å². The molecule has 0 saturated carbocycles. The fourth-order valence-corrected chi connectivity index (χ4v) is 3.82. The van der Waals surface area contributed by atoms with E-state index in [9.17, 15) is 4.39 Å². The van der Waals surface area contributed by atoms with Crippen molar-refractivity contribution in [2.24, 2.45) is 0 Å². The van der Waals surface area contributed by atoms with Crippen LogP contribution in [-0.2, 0) is 0 Å². The molecule has 0 amide bonds. The molecule has 3 aromatic carbocycles. The predicted octanol–water partition coefficient (Wildman–Crippen LogP) is 7.89. The molecule has 2 aromatic heterocycles. The molecule has 148 valence electrons. The summed E-state index contributed by atoms with van der Waals surface area (Å²) < 4.78 is 52.9. The molecule has 0 saturated heterocycles. The van der Waals surface area contributed by atoms with Gasteiger partial charge in [-0.05, 0) is 65.8 Å². The summed E-state index contributed by atoms with van der Waals surface area (Å²) in [5, 5.41) is 1.46. The Hall–Kier alpha value is -3.46. The normalized spacial score (nSPS) is 14.4. The first kappa shape index (κ1) is 14.5. The van der Waals surface area contributed by atoms with E-state index in [1.165, 1.54) is 12.1 Å². The highest BCUT2D eigenvalue weighted by atomic mass is 19.1. The van der Waals surface area contributed by atoms with Crippen LogP contribution in [0.25, 0.3) is 44.3 Å². The summed E-state index contributed by atoms with van der Waals surface area (Å²) in [5.41, 5.74) is 4.16. The fourth-order valence-electron chi connectivity index (χ4n) is 3.82. The van der Waals surface area contributed by atoms with Gasteiger partial charge >= 0.3 is 0 Å². The van der Waals surface area contributed by atoms with Crippen LogP contribution in [0.3, 0.4) is 0 Å². The maximum absolute atomic E-state index is 13.5. The average Bonchev–Trinajstić information content (AvgIpc) is 3.16. The van der Waals surface area contributed by atoms with E-state index in [0.717, 1.165) is 16.5 Å². The second-order valence-corrected chi connectivity index (χ2v) is 7.59. The number of aromatic nitrogens is 1. The number of para-hydroxylation sites is 1. The molecule has 0 aliphatic rings. The van der Waals surface area contributed by atoms with E-state index in [1.807, 2.05) is 50.2 Å². The van der Waals surface area contributed by atoms with E-state index in [4.69, 9.17) is 9.90 Å². The van der Waals surface area contributed by atoms with Crippen LogP contribution in [0, 0.1) is 12.7 Å². The lowest BCUT2D eigenvalue weighted by Gasteiger charge is -2.07. The third-order valence-corrected chi connectivity index (χ3v) is 5.44. The van der Waals surface area contributed by atoms with Crippen molar-refractivity contribution in [3.8, 4) is 22.4 Å². The summed E-state index contributed by atoms with van der Waals surface area (Å²) in [7, 11) is 0. The Morgan fingerprint density at radius 2 is 1.73 bits per heavy atom. The van der Waals surface area contributed by atoms with Crippen molar-refractivity contribution in [3.05, 3.63) is 89.9 Å². The molecule has 5 rings (SSSR count). The Bertz CT molecular complexity index is 1530. The van der Waals surface area contributed by atoms with Crippen LogP contribution in [0.5, 0.6) is 0 Å². The first-order valence-corrected chi connectivity index (χ1v) is 9.75. The lowest BCUT2D eigenvalue weighted by Crippen LogP contribution is -1.90. The molecule has 0 radical (unpaired) electrons. The Kier molecular flexibility index (Phi) is 3.43. The van der Waals surface area contributed by atoms with Crippen LogP contribution in [-0.4, -0.2) is 4.98 Å². The van der Waals surface area contributed by atoms with Crippen molar-refractivity contribution >= 4 is 21.9 Å². The largest absolute Gasteiger partial charge is 0.455 e. The highest BCUT2D eigenvalue weighted by molar-refractivity contribution is 6.11. The zero-order valence-electron chi connectivity index (χ0n) is 20.7. The number of nitrogens with zero attached hydrogens (tertiary/aromatic N) is 1. The van der Waals surface area contributed by atoms with Gasteiger partial charge in [-0.2, -0.15) is 0 Å². The first-order valence-electron chi connectivity index (χ1n) is 11.8. The molecule has 5 aromatic rings. The van der Waals surface area contributed by atoms with Crippen LogP contribution >= 0.6 is 0 Å². The minimum atomic E-state index is -2.45. The molecule has 0 N–H and O–H groups in total. The maximum Gasteiger partial charge on any atom is 0.144 e. The van der Waals surface area contributed by atoms with Gasteiger partial charge < -0.3 is 4.42 Å². The molecule has 0 spiro atoms. The van der Waals surface area contributed by atoms with E-state index in [1.54, 1.807) is 24.4 Å². The Labute approximate surface area is 180 Å². The highest BCUT2D eigenvalue weighted by Gasteiger charge is 2.17. The van der Waals surface area contributed by atoms with Crippen LogP contribution in [0.2, 0.25) is 0 Å². The number of rotatable bonds is 3. The van der Waals surface area contributed by atoms with Crippen molar-refractivity contribution in [2.45, 2.75) is 26.6 Å². The van der Waals surface area contributed by atoms with Gasteiger partial charge in [-0.25, -0.2) is 4.39 Å². The number of hydrogen-bond acceptors (Lipinski definition) is 2. The van der Waals surface area contributed by atoms with Crippen molar-refractivity contribution in [1.82, 2.24) is 4.98 Å². The predicted molar refractivity (Wildman–Crippen MR) is 121 cm³/mol. The Morgan fingerprint density at radius 3 is 2.50 bits per heavy atom. The van der Waals surface area contributed by atoms with Crippen LogP contribution in [0.4, 0.5) is 4.39 Å². The molecule has 3 heteroatoms. The SMILES string of the molecule is [2H]C([2H])([2H])c1c(-c2ccc(F)cc2)ccc2c1oc1c(-c3cc(C([2H])(C)C)ccn3)cccc12. The fraction of sp³-hybridized carbons (Fsp3) is 0.148. The monoisotopic (exact) mass is 399 g/mol. The highest BCUT2D eigenvalue weighted by Crippen LogP contribution is 2.39. The quantitative estimate of drug-likeness (QED) is 0.308. The third kappa shape index (κ3) is 2.98. The number of benzene rings is 3. The molecule has 30 heavy (non-hydrogen) atoms. The molecule has 0 bridgehead atoms. The summed E-state index contributed by atoms with van der Waals surface area (Å²) in [6, 6.07) is 18.7. The van der Waals surface area contributed by atoms with E-state index in [0.29, 0.717) is 27.8 Å². The van der Waals surface area contributed by atoms with Gasteiger partial charge in [0.05, 0.1) is 5.69 Å².